The smallest absolute Gasteiger partial charge is 0.326 e. The molecule has 1 aromatic carbocycles. The first-order valence-corrected chi connectivity index (χ1v) is 11.6. The molecule has 0 aliphatic rings. The Balaban J connectivity index is 3.03. The Morgan fingerprint density at radius 3 is 1.86 bits per heavy atom. The minimum atomic E-state index is -1.35. The Hall–Kier alpha value is -3.51. The van der Waals surface area contributed by atoms with Crippen LogP contribution in [0, 0.1) is 5.92 Å². The van der Waals surface area contributed by atoms with Crippen molar-refractivity contribution < 1.29 is 39.3 Å². The molecule has 0 spiro atoms. The summed E-state index contributed by atoms with van der Waals surface area (Å²) in [6.07, 6.45) is -1.78. The highest BCUT2D eigenvalue weighted by atomic mass is 16.4. The van der Waals surface area contributed by atoms with E-state index in [2.05, 4.69) is 16.0 Å². The maximum absolute atomic E-state index is 13.0. The SMILES string of the molecule is CC(C)CC(NC(=O)C(CCC(=O)O)NC(=O)C(N)C(C)O)C(=O)NC(Cc1ccccc1)C(=O)O. The molecule has 12 heteroatoms. The van der Waals surface area contributed by atoms with Crippen molar-refractivity contribution in [1.29, 1.82) is 0 Å². The fraction of sp³-hybridized carbons (Fsp3) is 0.542. The number of rotatable bonds is 15. The van der Waals surface area contributed by atoms with Gasteiger partial charge in [-0.3, -0.25) is 19.2 Å². The lowest BCUT2D eigenvalue weighted by molar-refractivity contribution is -0.142. The second-order valence-electron chi connectivity index (χ2n) is 9.04. The van der Waals surface area contributed by atoms with Gasteiger partial charge in [0.2, 0.25) is 17.7 Å². The van der Waals surface area contributed by atoms with Crippen LogP contribution in [-0.2, 0) is 30.4 Å². The van der Waals surface area contributed by atoms with Crippen LogP contribution in [0.25, 0.3) is 0 Å². The van der Waals surface area contributed by atoms with Crippen molar-refractivity contribution in [3.63, 3.8) is 0 Å². The Morgan fingerprint density at radius 1 is 0.833 bits per heavy atom. The van der Waals surface area contributed by atoms with E-state index in [9.17, 15) is 34.2 Å². The third kappa shape index (κ3) is 10.8. The standard InChI is InChI=1S/C24H36N4O8/c1-13(2)11-17(22(33)28-18(24(35)36)12-15-7-5-4-6-8-15)27-21(32)16(9-10-19(30)31)26-23(34)20(25)14(3)29/h4-8,13-14,16-18,20,29H,9-12,25H2,1-3H3,(H,26,34)(H,27,32)(H,28,33)(H,30,31)(H,35,36). The number of benzene rings is 1. The van der Waals surface area contributed by atoms with Gasteiger partial charge in [-0.15, -0.1) is 0 Å². The van der Waals surface area contributed by atoms with Crippen LogP contribution < -0.4 is 21.7 Å². The number of hydrogen-bond donors (Lipinski definition) is 7. The van der Waals surface area contributed by atoms with E-state index in [-0.39, 0.29) is 25.2 Å². The molecule has 12 nitrogen and oxygen atoms in total. The van der Waals surface area contributed by atoms with Crippen molar-refractivity contribution in [3.05, 3.63) is 35.9 Å². The maximum atomic E-state index is 13.0. The van der Waals surface area contributed by atoms with Crippen LogP contribution in [0.3, 0.4) is 0 Å². The molecule has 3 amide bonds. The van der Waals surface area contributed by atoms with Gasteiger partial charge in [0, 0.05) is 12.8 Å². The number of nitrogens with one attached hydrogen (secondary N) is 3. The number of carboxylic acid groups (broad SMARTS) is 2. The molecule has 1 aromatic rings. The lowest BCUT2D eigenvalue weighted by Gasteiger charge is -2.26. The van der Waals surface area contributed by atoms with Crippen LogP contribution in [-0.4, -0.2) is 75.3 Å². The molecule has 0 radical (unpaired) electrons. The van der Waals surface area contributed by atoms with Gasteiger partial charge in [-0.1, -0.05) is 44.2 Å². The van der Waals surface area contributed by atoms with Crippen molar-refractivity contribution in [2.75, 3.05) is 0 Å². The predicted molar refractivity (Wildman–Crippen MR) is 130 cm³/mol. The van der Waals surface area contributed by atoms with Crippen LogP contribution >= 0.6 is 0 Å². The van der Waals surface area contributed by atoms with Crippen molar-refractivity contribution in [2.45, 2.75) is 76.7 Å². The van der Waals surface area contributed by atoms with E-state index in [1.54, 1.807) is 44.2 Å². The normalized spacial score (nSPS) is 15.2. The van der Waals surface area contributed by atoms with E-state index in [1.807, 2.05) is 0 Å². The molecule has 8 N–H and O–H groups in total. The van der Waals surface area contributed by atoms with Gasteiger partial charge < -0.3 is 37.0 Å². The number of aliphatic carboxylic acids is 2. The Morgan fingerprint density at radius 2 is 1.36 bits per heavy atom. The van der Waals surface area contributed by atoms with Gasteiger partial charge in [0.05, 0.1) is 6.10 Å². The third-order valence-electron chi connectivity index (χ3n) is 5.34. The average molecular weight is 509 g/mol. The van der Waals surface area contributed by atoms with Crippen LogP contribution in [0.1, 0.15) is 45.6 Å². The zero-order chi connectivity index (χ0) is 27.4. The molecule has 0 saturated carbocycles. The molecule has 200 valence electrons. The summed E-state index contributed by atoms with van der Waals surface area (Å²) in [6.45, 7) is 4.89. The van der Waals surface area contributed by atoms with Gasteiger partial charge in [-0.2, -0.15) is 0 Å². The quantitative estimate of drug-likeness (QED) is 0.161. The number of carboxylic acids is 2. The van der Waals surface area contributed by atoms with Gasteiger partial charge in [0.1, 0.15) is 24.2 Å². The zero-order valence-corrected chi connectivity index (χ0v) is 20.6. The molecule has 0 bridgehead atoms. The number of aliphatic hydroxyl groups excluding tert-OH is 1. The summed E-state index contributed by atoms with van der Waals surface area (Å²) in [5, 5.41) is 35.4. The van der Waals surface area contributed by atoms with Gasteiger partial charge in [-0.25, -0.2) is 4.79 Å². The van der Waals surface area contributed by atoms with Crippen LogP contribution in [0.2, 0.25) is 0 Å². The Kier molecular flexibility index (Phi) is 12.5. The Labute approximate surface area is 209 Å². The highest BCUT2D eigenvalue weighted by molar-refractivity contribution is 5.94. The number of hydrogen-bond acceptors (Lipinski definition) is 7. The molecule has 5 atom stereocenters. The first-order chi connectivity index (χ1) is 16.8. The molecule has 0 aromatic heterocycles. The molecule has 0 saturated heterocycles. The van der Waals surface area contributed by atoms with E-state index < -0.39 is 66.4 Å². The van der Waals surface area contributed by atoms with Crippen molar-refractivity contribution >= 4 is 29.7 Å². The molecule has 0 fully saturated rings. The second-order valence-corrected chi connectivity index (χ2v) is 9.04. The molecule has 36 heavy (non-hydrogen) atoms. The summed E-state index contributed by atoms with van der Waals surface area (Å²) < 4.78 is 0. The number of carbonyl (C=O) groups excluding carboxylic acids is 3. The lowest BCUT2D eigenvalue weighted by Crippen LogP contribution is -2.58. The largest absolute Gasteiger partial charge is 0.481 e. The van der Waals surface area contributed by atoms with E-state index in [4.69, 9.17) is 10.8 Å². The number of carbonyl (C=O) groups is 5. The first-order valence-electron chi connectivity index (χ1n) is 11.6. The Bertz CT molecular complexity index is 907. The van der Waals surface area contributed by atoms with E-state index in [0.29, 0.717) is 5.56 Å². The highest BCUT2D eigenvalue weighted by Gasteiger charge is 2.31. The average Bonchev–Trinajstić information content (AvgIpc) is 2.80. The minimum absolute atomic E-state index is 0.0266. The van der Waals surface area contributed by atoms with Crippen molar-refractivity contribution in [1.82, 2.24) is 16.0 Å². The monoisotopic (exact) mass is 508 g/mol. The van der Waals surface area contributed by atoms with E-state index >= 15 is 0 Å². The van der Waals surface area contributed by atoms with Gasteiger partial charge in [0.15, 0.2) is 0 Å². The topological polar surface area (TPSA) is 208 Å². The summed E-state index contributed by atoms with van der Waals surface area (Å²) in [4.78, 5) is 61.0. The fourth-order valence-corrected chi connectivity index (χ4v) is 3.32. The maximum Gasteiger partial charge on any atom is 0.326 e. The summed E-state index contributed by atoms with van der Waals surface area (Å²) >= 11 is 0. The second kappa shape index (κ2) is 14.8. The van der Waals surface area contributed by atoms with Gasteiger partial charge >= 0.3 is 11.9 Å². The summed E-state index contributed by atoms with van der Waals surface area (Å²) in [5.74, 6) is -4.96. The van der Waals surface area contributed by atoms with Crippen molar-refractivity contribution in [2.24, 2.45) is 11.7 Å². The number of nitrogens with two attached hydrogens (primary N) is 1. The van der Waals surface area contributed by atoms with Crippen molar-refractivity contribution in [3.8, 4) is 0 Å². The minimum Gasteiger partial charge on any atom is -0.481 e. The summed E-state index contributed by atoms with van der Waals surface area (Å²) in [7, 11) is 0. The summed E-state index contributed by atoms with van der Waals surface area (Å²) in [5.41, 5.74) is 6.29. The van der Waals surface area contributed by atoms with Gasteiger partial charge in [-0.05, 0) is 31.2 Å². The lowest BCUT2D eigenvalue weighted by atomic mass is 10.0. The van der Waals surface area contributed by atoms with E-state index in [0.717, 1.165) is 0 Å². The van der Waals surface area contributed by atoms with Gasteiger partial charge in [0.25, 0.3) is 0 Å². The number of aliphatic hydroxyl groups is 1. The molecular weight excluding hydrogens is 472 g/mol. The highest BCUT2D eigenvalue weighted by Crippen LogP contribution is 2.09. The van der Waals surface area contributed by atoms with Crippen LogP contribution in [0.5, 0.6) is 0 Å². The fourth-order valence-electron chi connectivity index (χ4n) is 3.32. The first kappa shape index (κ1) is 30.5. The number of amides is 3. The molecule has 0 aliphatic heterocycles. The van der Waals surface area contributed by atoms with Crippen LogP contribution in [0.15, 0.2) is 30.3 Å². The molecule has 0 aliphatic carbocycles. The van der Waals surface area contributed by atoms with Crippen LogP contribution in [0.4, 0.5) is 0 Å². The van der Waals surface area contributed by atoms with E-state index in [1.165, 1.54) is 6.92 Å². The zero-order valence-electron chi connectivity index (χ0n) is 20.6. The summed E-state index contributed by atoms with van der Waals surface area (Å²) in [6, 6.07) is 3.61. The third-order valence-corrected chi connectivity index (χ3v) is 5.34. The molecular formula is C24H36N4O8. The molecule has 1 rings (SSSR count). The molecule has 5 unspecified atom stereocenters. The predicted octanol–water partition coefficient (Wildman–Crippen LogP) is -0.613. The molecule has 0 heterocycles.